The van der Waals surface area contributed by atoms with Crippen molar-refractivity contribution in [2.45, 2.75) is 6.04 Å². The second-order valence-electron chi connectivity index (χ2n) is 4.05. The van der Waals surface area contributed by atoms with E-state index in [1.165, 1.54) is 40.9 Å². The van der Waals surface area contributed by atoms with Crippen LogP contribution in [0.15, 0.2) is 30.3 Å². The zero-order valence-electron chi connectivity index (χ0n) is 9.95. The van der Waals surface area contributed by atoms with Crippen LogP contribution < -0.4 is 0 Å². The first-order chi connectivity index (χ1) is 9.08. The fourth-order valence-corrected chi connectivity index (χ4v) is 2.89. The first-order valence-electron chi connectivity index (χ1n) is 5.63. The van der Waals surface area contributed by atoms with Crippen LogP contribution in [0.4, 0.5) is 4.39 Å². The molecule has 0 radical (unpaired) electrons. The van der Waals surface area contributed by atoms with E-state index >= 15 is 0 Å². The van der Waals surface area contributed by atoms with Gasteiger partial charge in [0.25, 0.3) is 0 Å². The van der Waals surface area contributed by atoms with Crippen LogP contribution in [0.3, 0.4) is 0 Å². The van der Waals surface area contributed by atoms with Gasteiger partial charge in [0, 0.05) is 11.8 Å². The number of aliphatic carboxylic acids is 1. The second kappa shape index (κ2) is 5.88. The number of thioether (sulfide) groups is 1. The van der Waals surface area contributed by atoms with Gasteiger partial charge in [-0.05, 0) is 23.8 Å². The highest BCUT2D eigenvalue weighted by Crippen LogP contribution is 2.21. The summed E-state index contributed by atoms with van der Waals surface area (Å²) >= 11 is 1.40. The number of hydrogen-bond donors (Lipinski definition) is 1. The molecule has 0 aliphatic carbocycles. The highest BCUT2D eigenvalue weighted by molar-refractivity contribution is 7.99. The molecule has 0 saturated carbocycles. The molecule has 1 heterocycles. The van der Waals surface area contributed by atoms with Crippen molar-refractivity contribution in [2.24, 2.45) is 0 Å². The molecular formula is C13H12FNO3S. The lowest BCUT2D eigenvalue weighted by Crippen LogP contribution is -2.40. The van der Waals surface area contributed by atoms with Gasteiger partial charge >= 0.3 is 5.97 Å². The van der Waals surface area contributed by atoms with Gasteiger partial charge in [-0.25, -0.2) is 9.18 Å². The summed E-state index contributed by atoms with van der Waals surface area (Å²) < 4.78 is 13.0. The number of nitrogens with zero attached hydrogens (tertiary/aromatic N) is 1. The average Bonchev–Trinajstić information content (AvgIpc) is 2.85. The van der Waals surface area contributed by atoms with E-state index in [-0.39, 0.29) is 11.7 Å². The van der Waals surface area contributed by atoms with E-state index in [9.17, 15) is 14.0 Å². The van der Waals surface area contributed by atoms with E-state index < -0.39 is 12.0 Å². The van der Waals surface area contributed by atoms with Gasteiger partial charge in [0.2, 0.25) is 5.91 Å². The normalized spacial score (nSPS) is 19.0. The number of rotatable bonds is 3. The number of carbonyl (C=O) groups excluding carboxylic acids is 1. The smallest absolute Gasteiger partial charge is 0.327 e. The third-order valence-corrected chi connectivity index (χ3v) is 3.73. The number of hydrogen-bond acceptors (Lipinski definition) is 3. The van der Waals surface area contributed by atoms with Gasteiger partial charge in [0.15, 0.2) is 0 Å². The summed E-state index contributed by atoms with van der Waals surface area (Å²) in [5, 5.41) is 8.97. The molecule has 1 aromatic rings. The molecule has 1 atom stereocenters. The van der Waals surface area contributed by atoms with Crippen molar-refractivity contribution in [3.05, 3.63) is 41.7 Å². The van der Waals surface area contributed by atoms with E-state index in [1.807, 2.05) is 0 Å². The van der Waals surface area contributed by atoms with Crippen molar-refractivity contribution in [1.82, 2.24) is 4.90 Å². The molecule has 100 valence electrons. The maximum atomic E-state index is 13.0. The van der Waals surface area contributed by atoms with Crippen molar-refractivity contribution in [2.75, 3.05) is 11.6 Å². The van der Waals surface area contributed by atoms with Crippen molar-refractivity contribution in [1.29, 1.82) is 0 Å². The summed E-state index contributed by atoms with van der Waals surface area (Å²) in [5.74, 6) is -0.994. The minimum atomic E-state index is -1.00. The highest BCUT2D eigenvalue weighted by atomic mass is 32.2. The zero-order chi connectivity index (χ0) is 13.8. The summed E-state index contributed by atoms with van der Waals surface area (Å²) in [6, 6.07) is 5.05. The lowest BCUT2D eigenvalue weighted by molar-refractivity contribution is -0.146. The molecule has 1 amide bonds. The first kappa shape index (κ1) is 13.6. The molecule has 1 aromatic carbocycles. The summed E-state index contributed by atoms with van der Waals surface area (Å²) in [7, 11) is 0. The minimum absolute atomic E-state index is 0.364. The number of carboxylic acid groups (broad SMARTS) is 1. The van der Waals surface area contributed by atoms with Gasteiger partial charge in [-0.3, -0.25) is 4.79 Å². The zero-order valence-corrected chi connectivity index (χ0v) is 10.8. The number of benzene rings is 1. The Hall–Kier alpha value is -1.82. The summed E-state index contributed by atoms with van der Waals surface area (Å²) in [4.78, 5) is 24.1. The van der Waals surface area contributed by atoms with Crippen LogP contribution in [0.1, 0.15) is 5.56 Å². The molecule has 1 aliphatic heterocycles. The summed E-state index contributed by atoms with van der Waals surface area (Å²) in [6.07, 6.45) is 2.75. The molecule has 1 N–H and O–H groups in total. The monoisotopic (exact) mass is 281 g/mol. The second-order valence-corrected chi connectivity index (χ2v) is 5.05. The Morgan fingerprint density at radius 2 is 2.26 bits per heavy atom. The number of halogens is 1. The Morgan fingerprint density at radius 1 is 1.47 bits per heavy atom. The maximum absolute atomic E-state index is 13.0. The van der Waals surface area contributed by atoms with E-state index in [4.69, 9.17) is 5.11 Å². The van der Waals surface area contributed by atoms with Gasteiger partial charge in [-0.15, -0.1) is 11.8 Å². The number of amides is 1. The Morgan fingerprint density at radius 3 is 2.95 bits per heavy atom. The van der Waals surface area contributed by atoms with E-state index in [1.54, 1.807) is 12.1 Å². The molecule has 0 aromatic heterocycles. The van der Waals surface area contributed by atoms with Crippen LogP contribution in [0.25, 0.3) is 6.08 Å². The van der Waals surface area contributed by atoms with Gasteiger partial charge in [-0.1, -0.05) is 12.1 Å². The van der Waals surface area contributed by atoms with Crippen LogP contribution in [-0.2, 0) is 9.59 Å². The van der Waals surface area contributed by atoms with Crippen molar-refractivity contribution >= 4 is 29.7 Å². The Balaban J connectivity index is 2.06. The predicted molar refractivity (Wildman–Crippen MR) is 71.0 cm³/mol. The molecule has 0 spiro atoms. The number of carboxylic acids is 1. The van der Waals surface area contributed by atoms with E-state index in [0.29, 0.717) is 17.2 Å². The average molecular weight is 281 g/mol. The van der Waals surface area contributed by atoms with Gasteiger partial charge in [-0.2, -0.15) is 0 Å². The molecule has 2 rings (SSSR count). The van der Waals surface area contributed by atoms with Gasteiger partial charge in [0.1, 0.15) is 11.9 Å². The van der Waals surface area contributed by atoms with Gasteiger partial charge < -0.3 is 10.0 Å². The Labute approximate surface area is 113 Å². The first-order valence-corrected chi connectivity index (χ1v) is 6.78. The lowest BCUT2D eigenvalue weighted by atomic mass is 10.2. The minimum Gasteiger partial charge on any atom is -0.480 e. The SMILES string of the molecule is O=C(O)[C@@H]1CSCN1C(=O)/C=C/c1cccc(F)c1. The third kappa shape index (κ3) is 3.35. The van der Waals surface area contributed by atoms with Crippen molar-refractivity contribution in [3.8, 4) is 0 Å². The third-order valence-electron chi connectivity index (χ3n) is 2.72. The largest absolute Gasteiger partial charge is 0.480 e. The molecule has 0 unspecified atom stereocenters. The summed E-state index contributed by atoms with van der Waals surface area (Å²) in [6.45, 7) is 0. The Bertz CT molecular complexity index is 532. The fourth-order valence-electron chi connectivity index (χ4n) is 1.74. The molecule has 1 fully saturated rings. The van der Waals surface area contributed by atoms with E-state index in [2.05, 4.69) is 0 Å². The molecule has 1 saturated heterocycles. The van der Waals surface area contributed by atoms with Crippen LogP contribution >= 0.6 is 11.8 Å². The van der Waals surface area contributed by atoms with E-state index in [0.717, 1.165) is 0 Å². The topological polar surface area (TPSA) is 57.6 Å². The highest BCUT2D eigenvalue weighted by Gasteiger charge is 2.33. The van der Waals surface area contributed by atoms with Gasteiger partial charge in [0.05, 0.1) is 5.88 Å². The van der Waals surface area contributed by atoms with Crippen molar-refractivity contribution in [3.63, 3.8) is 0 Å². The van der Waals surface area contributed by atoms with Crippen LogP contribution in [0.2, 0.25) is 0 Å². The predicted octanol–water partition coefficient (Wildman–Crippen LogP) is 1.82. The quantitative estimate of drug-likeness (QED) is 0.859. The standard InChI is InChI=1S/C13H12FNO3S/c14-10-3-1-2-9(6-10)4-5-12(16)15-8-19-7-11(15)13(17)18/h1-6,11H,7-8H2,(H,17,18)/b5-4+/t11-/m0/s1. The summed E-state index contributed by atoms with van der Waals surface area (Å²) in [5.41, 5.74) is 0.562. The molecule has 6 heteroatoms. The van der Waals surface area contributed by atoms with Crippen LogP contribution in [-0.4, -0.2) is 39.6 Å². The van der Waals surface area contributed by atoms with Crippen molar-refractivity contribution < 1.29 is 19.1 Å². The lowest BCUT2D eigenvalue weighted by Gasteiger charge is -2.18. The molecule has 0 bridgehead atoms. The Kier molecular flexibility index (Phi) is 4.21. The number of carbonyl (C=O) groups is 2. The molecule has 4 nitrogen and oxygen atoms in total. The molecular weight excluding hydrogens is 269 g/mol. The fraction of sp³-hybridized carbons (Fsp3) is 0.231. The molecule has 1 aliphatic rings. The molecule has 19 heavy (non-hydrogen) atoms. The van der Waals surface area contributed by atoms with Crippen LogP contribution in [0.5, 0.6) is 0 Å². The van der Waals surface area contributed by atoms with Crippen LogP contribution in [0, 0.1) is 5.82 Å². The maximum Gasteiger partial charge on any atom is 0.327 e.